The molecule has 0 saturated heterocycles. The molecule has 0 amide bonds. The van der Waals surface area contributed by atoms with Crippen molar-refractivity contribution in [2.75, 3.05) is 13.7 Å². The molecule has 21 heavy (non-hydrogen) atoms. The van der Waals surface area contributed by atoms with Crippen LogP contribution in [-0.2, 0) is 0 Å². The minimum Gasteiger partial charge on any atom is -0.493 e. The van der Waals surface area contributed by atoms with Crippen molar-refractivity contribution in [2.45, 2.75) is 6.92 Å². The monoisotopic (exact) mass is 281 g/mol. The van der Waals surface area contributed by atoms with E-state index in [0.717, 1.165) is 11.3 Å². The van der Waals surface area contributed by atoms with Crippen molar-refractivity contribution in [3.05, 3.63) is 66.2 Å². The molecular weight excluding hydrogens is 262 g/mol. The van der Waals surface area contributed by atoms with Gasteiger partial charge in [0, 0.05) is 6.21 Å². The molecule has 0 aliphatic carbocycles. The van der Waals surface area contributed by atoms with Crippen molar-refractivity contribution in [2.24, 2.45) is 4.99 Å². The number of benzene rings is 2. The van der Waals surface area contributed by atoms with Crippen LogP contribution < -0.4 is 9.47 Å². The minimum absolute atomic E-state index is 0.452. The molecule has 0 aromatic heterocycles. The van der Waals surface area contributed by atoms with Crippen LogP contribution in [0.2, 0.25) is 0 Å². The molecule has 0 aliphatic rings. The first-order valence-corrected chi connectivity index (χ1v) is 6.75. The highest BCUT2D eigenvalue weighted by molar-refractivity contribution is 5.83. The average Bonchev–Trinajstić information content (AvgIpc) is 2.52. The summed E-state index contributed by atoms with van der Waals surface area (Å²) >= 11 is 0. The summed E-state index contributed by atoms with van der Waals surface area (Å²) in [7, 11) is 1.62. The Morgan fingerprint density at radius 3 is 2.52 bits per heavy atom. The fourth-order valence-corrected chi connectivity index (χ4v) is 1.81. The van der Waals surface area contributed by atoms with Crippen molar-refractivity contribution >= 4 is 11.9 Å². The van der Waals surface area contributed by atoms with E-state index >= 15 is 0 Å². The fraction of sp³-hybridized carbons (Fsp3) is 0.167. The van der Waals surface area contributed by atoms with E-state index in [0.29, 0.717) is 18.1 Å². The molecule has 2 aromatic carbocycles. The second kappa shape index (κ2) is 7.29. The Kier molecular flexibility index (Phi) is 5.16. The van der Waals surface area contributed by atoms with Crippen molar-refractivity contribution in [1.29, 1.82) is 0 Å². The zero-order valence-electron chi connectivity index (χ0n) is 12.4. The van der Waals surface area contributed by atoms with Crippen LogP contribution in [0, 0.1) is 6.92 Å². The predicted octanol–water partition coefficient (Wildman–Crippen LogP) is 4.32. The summed E-state index contributed by atoms with van der Waals surface area (Å²) < 4.78 is 10.9. The Morgan fingerprint density at radius 2 is 1.86 bits per heavy atom. The zero-order valence-corrected chi connectivity index (χ0v) is 12.4. The number of hydrogen-bond acceptors (Lipinski definition) is 3. The highest BCUT2D eigenvalue weighted by atomic mass is 16.5. The lowest BCUT2D eigenvalue weighted by Crippen LogP contribution is -1.97. The smallest absolute Gasteiger partial charge is 0.161 e. The summed E-state index contributed by atoms with van der Waals surface area (Å²) in [4.78, 5) is 4.45. The molecule has 2 aromatic rings. The van der Waals surface area contributed by atoms with E-state index in [1.807, 2.05) is 48.7 Å². The van der Waals surface area contributed by atoms with E-state index < -0.39 is 0 Å². The first-order chi connectivity index (χ1) is 10.2. The summed E-state index contributed by atoms with van der Waals surface area (Å²) in [5.74, 6) is 1.38. The number of aryl methyl sites for hydroxylation is 1. The van der Waals surface area contributed by atoms with E-state index in [2.05, 4.69) is 18.5 Å². The molecular formula is C18H19NO2. The van der Waals surface area contributed by atoms with Gasteiger partial charge >= 0.3 is 0 Å². The van der Waals surface area contributed by atoms with Gasteiger partial charge in [0.25, 0.3) is 0 Å². The highest BCUT2D eigenvalue weighted by Gasteiger charge is 2.04. The molecule has 0 atom stereocenters. The second-order valence-corrected chi connectivity index (χ2v) is 4.60. The molecule has 0 unspecified atom stereocenters. The standard InChI is InChI=1S/C18H19NO2/c1-4-11-21-17-10-7-15(12-18(17)20-3)13-19-16-8-5-14(2)6-9-16/h4-10,12-13H,1,11H2,2-3H3. The van der Waals surface area contributed by atoms with Gasteiger partial charge in [-0.15, -0.1) is 0 Å². The largest absolute Gasteiger partial charge is 0.493 e. The van der Waals surface area contributed by atoms with Crippen LogP contribution in [-0.4, -0.2) is 19.9 Å². The van der Waals surface area contributed by atoms with Gasteiger partial charge in [0.2, 0.25) is 0 Å². The summed E-state index contributed by atoms with van der Waals surface area (Å²) in [5, 5.41) is 0. The number of methoxy groups -OCH3 is 1. The van der Waals surface area contributed by atoms with Crippen molar-refractivity contribution in [3.63, 3.8) is 0 Å². The minimum atomic E-state index is 0.452. The molecule has 108 valence electrons. The van der Waals surface area contributed by atoms with Crippen molar-refractivity contribution in [1.82, 2.24) is 0 Å². The molecule has 0 aliphatic heterocycles. The Balaban J connectivity index is 2.16. The van der Waals surface area contributed by atoms with Gasteiger partial charge in [0.15, 0.2) is 11.5 Å². The summed E-state index contributed by atoms with van der Waals surface area (Å²) in [6.07, 6.45) is 3.51. The third-order valence-electron chi connectivity index (χ3n) is 2.94. The van der Waals surface area contributed by atoms with E-state index in [9.17, 15) is 0 Å². The molecule has 3 nitrogen and oxygen atoms in total. The topological polar surface area (TPSA) is 30.8 Å². The summed E-state index contributed by atoms with van der Waals surface area (Å²) in [6.45, 7) is 6.14. The average molecular weight is 281 g/mol. The van der Waals surface area contributed by atoms with Gasteiger partial charge in [-0.1, -0.05) is 30.4 Å². The number of rotatable bonds is 6. The third kappa shape index (κ3) is 4.21. The molecule has 0 spiro atoms. The summed E-state index contributed by atoms with van der Waals surface area (Å²) in [5.41, 5.74) is 3.10. The maximum atomic E-state index is 5.52. The molecule has 2 rings (SSSR count). The summed E-state index contributed by atoms with van der Waals surface area (Å²) in [6, 6.07) is 13.8. The van der Waals surface area contributed by atoms with Crippen LogP contribution in [0.4, 0.5) is 5.69 Å². The SMILES string of the molecule is C=CCOc1ccc(C=Nc2ccc(C)cc2)cc1OC. The number of aliphatic imine (C=N–C) groups is 1. The number of hydrogen-bond donors (Lipinski definition) is 0. The third-order valence-corrected chi connectivity index (χ3v) is 2.94. The maximum Gasteiger partial charge on any atom is 0.161 e. The molecule has 0 bridgehead atoms. The lowest BCUT2D eigenvalue weighted by molar-refractivity contribution is 0.326. The first kappa shape index (κ1) is 14.9. The first-order valence-electron chi connectivity index (χ1n) is 6.75. The zero-order chi connectivity index (χ0) is 15.1. The normalized spacial score (nSPS) is 10.6. The van der Waals surface area contributed by atoms with Gasteiger partial charge in [-0.3, -0.25) is 4.99 Å². The molecule has 0 fully saturated rings. The van der Waals surface area contributed by atoms with Gasteiger partial charge in [-0.2, -0.15) is 0 Å². The quantitative estimate of drug-likeness (QED) is 0.583. The Labute approximate surface area is 125 Å². The molecule has 0 radical (unpaired) electrons. The Morgan fingerprint density at radius 1 is 1.10 bits per heavy atom. The molecule has 0 heterocycles. The number of ether oxygens (including phenoxy) is 2. The Hall–Kier alpha value is -2.55. The lowest BCUT2D eigenvalue weighted by atomic mass is 10.2. The highest BCUT2D eigenvalue weighted by Crippen LogP contribution is 2.27. The van der Waals surface area contributed by atoms with Crippen LogP contribution in [0.3, 0.4) is 0 Å². The fourth-order valence-electron chi connectivity index (χ4n) is 1.81. The van der Waals surface area contributed by atoms with E-state index in [1.54, 1.807) is 13.2 Å². The van der Waals surface area contributed by atoms with Crippen molar-refractivity contribution < 1.29 is 9.47 Å². The molecule has 0 saturated carbocycles. The Bertz CT molecular complexity index is 630. The van der Waals surface area contributed by atoms with Gasteiger partial charge in [0.1, 0.15) is 6.61 Å². The van der Waals surface area contributed by atoms with Crippen LogP contribution in [0.15, 0.2) is 60.1 Å². The van der Waals surface area contributed by atoms with E-state index in [1.165, 1.54) is 5.56 Å². The second-order valence-electron chi connectivity index (χ2n) is 4.60. The molecule has 0 N–H and O–H groups in total. The van der Waals surface area contributed by atoms with E-state index in [-0.39, 0.29) is 0 Å². The maximum absolute atomic E-state index is 5.52. The lowest BCUT2D eigenvalue weighted by Gasteiger charge is -2.09. The van der Waals surface area contributed by atoms with Gasteiger partial charge in [-0.25, -0.2) is 0 Å². The van der Waals surface area contributed by atoms with Gasteiger partial charge in [0.05, 0.1) is 12.8 Å². The number of nitrogens with zero attached hydrogens (tertiary/aromatic N) is 1. The van der Waals surface area contributed by atoms with Crippen molar-refractivity contribution in [3.8, 4) is 11.5 Å². The van der Waals surface area contributed by atoms with Crippen LogP contribution in [0.1, 0.15) is 11.1 Å². The predicted molar refractivity (Wildman–Crippen MR) is 87.1 cm³/mol. The van der Waals surface area contributed by atoms with E-state index in [4.69, 9.17) is 9.47 Å². The van der Waals surface area contributed by atoms with Crippen LogP contribution in [0.5, 0.6) is 11.5 Å². The van der Waals surface area contributed by atoms with Crippen LogP contribution >= 0.6 is 0 Å². The van der Waals surface area contributed by atoms with Gasteiger partial charge in [-0.05, 0) is 42.8 Å². The van der Waals surface area contributed by atoms with Gasteiger partial charge < -0.3 is 9.47 Å². The van der Waals surface area contributed by atoms with Crippen LogP contribution in [0.25, 0.3) is 0 Å². The molecule has 3 heteroatoms.